The van der Waals surface area contributed by atoms with Crippen molar-refractivity contribution < 1.29 is 14.3 Å². The van der Waals surface area contributed by atoms with Gasteiger partial charge in [-0.2, -0.15) is 4.98 Å². The molecule has 1 fully saturated rings. The number of anilines is 2. The molecule has 1 saturated heterocycles. The number of nitrogens with zero attached hydrogens (tertiary/aromatic N) is 4. The lowest BCUT2D eigenvalue weighted by molar-refractivity contribution is 0.194. The molecule has 0 saturated carbocycles. The van der Waals surface area contributed by atoms with Crippen LogP contribution in [0.5, 0.6) is 11.5 Å². The number of amides is 2. The summed E-state index contributed by atoms with van der Waals surface area (Å²) in [5, 5.41) is 3.71. The van der Waals surface area contributed by atoms with Crippen molar-refractivity contribution >= 4 is 28.7 Å². The van der Waals surface area contributed by atoms with E-state index in [-0.39, 0.29) is 6.03 Å². The third kappa shape index (κ3) is 4.61. The molecule has 168 valence electrons. The lowest BCUT2D eigenvalue weighted by Gasteiger charge is -2.34. The smallest absolute Gasteiger partial charge is 0.317 e. The normalized spacial score (nSPS) is 13.8. The van der Waals surface area contributed by atoms with Crippen LogP contribution in [0, 0.1) is 0 Å². The number of benzene rings is 2. The van der Waals surface area contributed by atoms with Crippen molar-refractivity contribution in [3.05, 3.63) is 48.0 Å². The van der Waals surface area contributed by atoms with Gasteiger partial charge in [-0.25, -0.2) is 9.78 Å². The van der Waals surface area contributed by atoms with Crippen LogP contribution in [-0.2, 0) is 6.42 Å². The number of nitrogens with two attached hydrogens (primary N) is 1. The molecular weight excluding hydrogens is 408 g/mol. The van der Waals surface area contributed by atoms with Gasteiger partial charge in [0, 0.05) is 44.2 Å². The van der Waals surface area contributed by atoms with Crippen molar-refractivity contribution in [3.63, 3.8) is 0 Å². The molecule has 9 nitrogen and oxygen atoms in total. The molecule has 9 heteroatoms. The topological polar surface area (TPSA) is 106 Å². The van der Waals surface area contributed by atoms with Crippen LogP contribution in [0.2, 0.25) is 0 Å². The molecule has 0 spiro atoms. The molecule has 0 bridgehead atoms. The Kier molecular flexibility index (Phi) is 6.44. The highest BCUT2D eigenvalue weighted by Gasteiger charge is 2.23. The quantitative estimate of drug-likeness (QED) is 0.611. The summed E-state index contributed by atoms with van der Waals surface area (Å²) >= 11 is 0. The second-order valence-electron chi connectivity index (χ2n) is 7.57. The Morgan fingerprint density at radius 1 is 1.03 bits per heavy atom. The van der Waals surface area contributed by atoms with Gasteiger partial charge in [-0.3, -0.25) is 0 Å². The van der Waals surface area contributed by atoms with Gasteiger partial charge < -0.3 is 30.3 Å². The number of hydrogen-bond acceptors (Lipinski definition) is 7. The zero-order valence-corrected chi connectivity index (χ0v) is 18.4. The Labute approximate surface area is 187 Å². The van der Waals surface area contributed by atoms with Crippen molar-refractivity contribution in [2.75, 3.05) is 57.6 Å². The Morgan fingerprint density at radius 2 is 1.72 bits per heavy atom. The fraction of sp³-hybridized carbons (Fsp3) is 0.348. The van der Waals surface area contributed by atoms with Gasteiger partial charge in [0.05, 0.1) is 19.7 Å². The van der Waals surface area contributed by atoms with Crippen LogP contribution in [0.3, 0.4) is 0 Å². The van der Waals surface area contributed by atoms with Crippen molar-refractivity contribution in [1.82, 2.24) is 20.2 Å². The number of rotatable bonds is 6. The van der Waals surface area contributed by atoms with Crippen molar-refractivity contribution in [3.8, 4) is 11.5 Å². The van der Waals surface area contributed by atoms with E-state index in [4.69, 9.17) is 15.2 Å². The van der Waals surface area contributed by atoms with Gasteiger partial charge in [0.25, 0.3) is 0 Å². The molecule has 4 rings (SSSR count). The first kappa shape index (κ1) is 21.5. The summed E-state index contributed by atoms with van der Waals surface area (Å²) in [5.74, 6) is 2.09. The number of ether oxygens (including phenoxy) is 2. The van der Waals surface area contributed by atoms with Crippen LogP contribution < -0.4 is 25.4 Å². The van der Waals surface area contributed by atoms with Gasteiger partial charge in [-0.05, 0) is 18.1 Å². The van der Waals surface area contributed by atoms with E-state index in [1.807, 2.05) is 28.0 Å². The summed E-state index contributed by atoms with van der Waals surface area (Å²) < 4.78 is 10.7. The average Bonchev–Trinajstić information content (AvgIpc) is 2.84. The van der Waals surface area contributed by atoms with Gasteiger partial charge in [0.15, 0.2) is 11.5 Å². The summed E-state index contributed by atoms with van der Waals surface area (Å²) in [6.45, 7) is 3.04. The number of aromatic nitrogens is 2. The maximum Gasteiger partial charge on any atom is 0.317 e. The van der Waals surface area contributed by atoms with E-state index in [1.54, 1.807) is 26.4 Å². The maximum absolute atomic E-state index is 12.5. The fourth-order valence-corrected chi connectivity index (χ4v) is 3.79. The first-order valence-electron chi connectivity index (χ1n) is 10.6. The number of hydrogen-bond donors (Lipinski definition) is 2. The minimum absolute atomic E-state index is 0.0450. The molecule has 1 aliphatic rings. The number of nitrogens with one attached hydrogen (secondary N) is 1. The molecule has 1 aliphatic heterocycles. The number of methoxy groups -OCH3 is 2. The van der Waals surface area contributed by atoms with Crippen LogP contribution in [-0.4, -0.2) is 67.8 Å². The third-order valence-electron chi connectivity index (χ3n) is 5.60. The molecule has 32 heavy (non-hydrogen) atoms. The van der Waals surface area contributed by atoms with E-state index in [1.165, 1.54) is 5.56 Å². The molecule has 1 aromatic heterocycles. The van der Waals surface area contributed by atoms with Crippen LogP contribution in [0.1, 0.15) is 5.56 Å². The first-order chi connectivity index (χ1) is 15.6. The van der Waals surface area contributed by atoms with E-state index in [0.29, 0.717) is 66.9 Å². The number of carbonyl (C=O) groups is 1. The Balaban J connectivity index is 1.37. The van der Waals surface area contributed by atoms with E-state index in [0.717, 1.165) is 6.42 Å². The van der Waals surface area contributed by atoms with Crippen molar-refractivity contribution in [2.24, 2.45) is 0 Å². The van der Waals surface area contributed by atoms with E-state index in [9.17, 15) is 4.79 Å². The molecule has 0 unspecified atom stereocenters. The molecule has 3 N–H and O–H groups in total. The summed E-state index contributed by atoms with van der Waals surface area (Å²) in [6, 6.07) is 13.7. The summed E-state index contributed by atoms with van der Waals surface area (Å²) in [6.07, 6.45) is 0.811. The molecule has 2 heterocycles. The Morgan fingerprint density at radius 3 is 2.41 bits per heavy atom. The summed E-state index contributed by atoms with van der Waals surface area (Å²) in [5.41, 5.74) is 8.10. The van der Waals surface area contributed by atoms with E-state index in [2.05, 4.69) is 27.4 Å². The second-order valence-corrected chi connectivity index (χ2v) is 7.57. The van der Waals surface area contributed by atoms with Gasteiger partial charge in [-0.1, -0.05) is 30.3 Å². The Bertz CT molecular complexity index is 1080. The number of piperazine rings is 1. The number of fused-ring (bicyclic) bond motifs is 1. The molecular formula is C23H28N6O3. The fourth-order valence-electron chi connectivity index (χ4n) is 3.79. The highest BCUT2D eigenvalue weighted by molar-refractivity contribution is 5.91. The lowest BCUT2D eigenvalue weighted by Crippen LogP contribution is -2.52. The summed E-state index contributed by atoms with van der Waals surface area (Å²) in [7, 11) is 3.16. The molecule has 2 aromatic carbocycles. The molecule has 3 aromatic rings. The van der Waals surface area contributed by atoms with Crippen LogP contribution >= 0.6 is 0 Å². The predicted octanol–water partition coefficient (Wildman–Crippen LogP) is 2.30. The Hall–Kier alpha value is -3.75. The van der Waals surface area contributed by atoms with Crippen LogP contribution in [0.15, 0.2) is 42.5 Å². The molecule has 0 radical (unpaired) electrons. The number of urea groups is 1. The first-order valence-corrected chi connectivity index (χ1v) is 10.6. The van der Waals surface area contributed by atoms with Crippen LogP contribution in [0.25, 0.3) is 10.9 Å². The van der Waals surface area contributed by atoms with Gasteiger partial charge in [-0.15, -0.1) is 0 Å². The van der Waals surface area contributed by atoms with Crippen LogP contribution in [0.4, 0.5) is 16.6 Å². The standard InChI is InChI=1S/C23H28N6O3/c1-31-19-14-17-18(15-20(19)32-2)26-22(27-21(17)24)28-10-12-29(13-11-28)23(30)25-9-8-16-6-4-3-5-7-16/h3-7,14-15H,8-13H2,1-2H3,(H,25,30)(H2,24,26,27). The lowest BCUT2D eigenvalue weighted by atomic mass is 10.1. The third-order valence-corrected chi connectivity index (χ3v) is 5.60. The van der Waals surface area contributed by atoms with Gasteiger partial charge >= 0.3 is 6.03 Å². The maximum atomic E-state index is 12.5. The molecule has 0 aliphatic carbocycles. The minimum atomic E-state index is -0.0450. The number of nitrogen functional groups attached to an aromatic ring is 1. The van der Waals surface area contributed by atoms with E-state index < -0.39 is 0 Å². The van der Waals surface area contributed by atoms with Crippen molar-refractivity contribution in [2.45, 2.75) is 6.42 Å². The van der Waals surface area contributed by atoms with Gasteiger partial charge in [0.1, 0.15) is 5.82 Å². The van der Waals surface area contributed by atoms with Gasteiger partial charge in [0.2, 0.25) is 5.95 Å². The SMILES string of the molecule is COc1cc2nc(N3CCN(C(=O)NCCc4ccccc4)CC3)nc(N)c2cc1OC. The largest absolute Gasteiger partial charge is 0.493 e. The number of carbonyl (C=O) groups excluding carboxylic acids is 1. The minimum Gasteiger partial charge on any atom is -0.493 e. The predicted molar refractivity (Wildman–Crippen MR) is 124 cm³/mol. The average molecular weight is 437 g/mol. The molecule has 0 atom stereocenters. The van der Waals surface area contributed by atoms with Crippen molar-refractivity contribution in [1.29, 1.82) is 0 Å². The summed E-state index contributed by atoms with van der Waals surface area (Å²) in [4.78, 5) is 25.5. The monoisotopic (exact) mass is 436 g/mol. The van der Waals surface area contributed by atoms with E-state index >= 15 is 0 Å². The zero-order valence-electron chi connectivity index (χ0n) is 18.4. The highest BCUT2D eigenvalue weighted by atomic mass is 16.5. The highest BCUT2D eigenvalue weighted by Crippen LogP contribution is 2.34. The second kappa shape index (κ2) is 9.59. The molecule has 2 amide bonds. The zero-order chi connectivity index (χ0) is 22.5.